The molecule has 0 aliphatic heterocycles. The first kappa shape index (κ1) is 16.5. The van der Waals surface area contributed by atoms with Crippen molar-refractivity contribution in [1.29, 1.82) is 0 Å². The Morgan fingerprint density at radius 2 is 2.00 bits per heavy atom. The molecule has 5 heteroatoms. The van der Waals surface area contributed by atoms with E-state index in [1.165, 1.54) is 10.4 Å². The summed E-state index contributed by atoms with van der Waals surface area (Å²) >= 11 is 7.50. The zero-order chi connectivity index (χ0) is 16.3. The number of halogens is 1. The molecule has 1 aliphatic carbocycles. The van der Waals surface area contributed by atoms with E-state index >= 15 is 0 Å². The van der Waals surface area contributed by atoms with Gasteiger partial charge in [0.2, 0.25) is 5.91 Å². The van der Waals surface area contributed by atoms with Crippen molar-refractivity contribution in [2.45, 2.75) is 24.8 Å². The van der Waals surface area contributed by atoms with Crippen molar-refractivity contribution in [3.05, 3.63) is 57.2 Å². The molecule has 122 valence electrons. The number of benzene rings is 1. The van der Waals surface area contributed by atoms with Gasteiger partial charge in [-0.25, -0.2) is 0 Å². The molecule has 0 unspecified atom stereocenters. The Hall–Kier alpha value is -1.36. The average molecular weight is 349 g/mol. The van der Waals surface area contributed by atoms with E-state index in [4.69, 9.17) is 11.6 Å². The SMILES string of the molecule is CN(CC(=O)NCC1(c2ccccc2)CC1)Cc1ccc(Cl)s1. The van der Waals surface area contributed by atoms with Crippen LogP contribution in [-0.4, -0.2) is 30.9 Å². The summed E-state index contributed by atoms with van der Waals surface area (Å²) < 4.78 is 0.788. The lowest BCUT2D eigenvalue weighted by molar-refractivity contribution is -0.122. The van der Waals surface area contributed by atoms with Crippen molar-refractivity contribution < 1.29 is 4.79 Å². The summed E-state index contributed by atoms with van der Waals surface area (Å²) in [6.45, 7) is 1.88. The monoisotopic (exact) mass is 348 g/mol. The second kappa shape index (κ2) is 7.04. The molecule has 23 heavy (non-hydrogen) atoms. The standard InChI is InChI=1S/C18H21ClN2OS/c1-21(11-15-7-8-16(19)23-15)12-17(22)20-13-18(9-10-18)14-5-3-2-4-6-14/h2-8H,9-13H2,1H3,(H,20,22). The number of nitrogens with zero attached hydrogens (tertiary/aromatic N) is 1. The van der Waals surface area contributed by atoms with Gasteiger partial charge in [0.25, 0.3) is 0 Å². The predicted molar refractivity (Wildman–Crippen MR) is 96.0 cm³/mol. The molecule has 1 N–H and O–H groups in total. The van der Waals surface area contributed by atoms with Gasteiger partial charge in [-0.3, -0.25) is 9.69 Å². The van der Waals surface area contributed by atoms with Crippen molar-refractivity contribution in [1.82, 2.24) is 10.2 Å². The molecule has 0 saturated heterocycles. The minimum atomic E-state index is 0.0809. The van der Waals surface area contributed by atoms with Gasteiger partial charge < -0.3 is 5.32 Å². The van der Waals surface area contributed by atoms with Crippen molar-refractivity contribution in [2.75, 3.05) is 20.1 Å². The fraction of sp³-hybridized carbons (Fsp3) is 0.389. The minimum absolute atomic E-state index is 0.0809. The van der Waals surface area contributed by atoms with Gasteiger partial charge in [0.15, 0.2) is 0 Å². The van der Waals surface area contributed by atoms with E-state index in [0.717, 1.165) is 30.3 Å². The highest BCUT2D eigenvalue weighted by Crippen LogP contribution is 2.47. The molecule has 1 saturated carbocycles. The van der Waals surface area contributed by atoms with E-state index in [1.54, 1.807) is 11.3 Å². The Labute approximate surface area is 146 Å². The molecule has 1 amide bonds. The van der Waals surface area contributed by atoms with Gasteiger partial charge in [0, 0.05) is 23.4 Å². The summed E-state index contributed by atoms with van der Waals surface area (Å²) in [4.78, 5) is 15.4. The number of rotatable bonds is 7. The molecular weight excluding hydrogens is 328 g/mol. The van der Waals surface area contributed by atoms with Gasteiger partial charge in [-0.1, -0.05) is 41.9 Å². The Bertz CT molecular complexity index is 667. The first-order valence-corrected chi connectivity index (χ1v) is 9.02. The Balaban J connectivity index is 1.46. The summed E-state index contributed by atoms with van der Waals surface area (Å²) in [6, 6.07) is 14.4. The van der Waals surface area contributed by atoms with Crippen molar-refractivity contribution >= 4 is 28.8 Å². The number of nitrogens with one attached hydrogen (secondary N) is 1. The lowest BCUT2D eigenvalue weighted by atomic mass is 9.96. The van der Waals surface area contributed by atoms with Crippen LogP contribution in [-0.2, 0) is 16.8 Å². The van der Waals surface area contributed by atoms with Crippen molar-refractivity contribution in [3.63, 3.8) is 0 Å². The molecule has 1 heterocycles. The van der Waals surface area contributed by atoms with E-state index in [2.05, 4.69) is 29.6 Å². The zero-order valence-electron chi connectivity index (χ0n) is 13.2. The van der Waals surface area contributed by atoms with Crippen LogP contribution in [0.5, 0.6) is 0 Å². The second-order valence-electron chi connectivity index (χ2n) is 6.30. The van der Waals surface area contributed by atoms with E-state index < -0.39 is 0 Å². The quantitative estimate of drug-likeness (QED) is 0.827. The highest BCUT2D eigenvalue weighted by atomic mass is 35.5. The van der Waals surface area contributed by atoms with Crippen LogP contribution in [0.25, 0.3) is 0 Å². The maximum atomic E-state index is 12.2. The molecular formula is C18H21ClN2OS. The van der Waals surface area contributed by atoms with Crippen LogP contribution in [0, 0.1) is 0 Å². The Morgan fingerprint density at radius 1 is 1.26 bits per heavy atom. The van der Waals surface area contributed by atoms with Crippen LogP contribution in [0.3, 0.4) is 0 Å². The molecule has 1 fully saturated rings. The Kier molecular flexibility index (Phi) is 5.05. The van der Waals surface area contributed by atoms with Crippen LogP contribution < -0.4 is 5.32 Å². The van der Waals surface area contributed by atoms with Gasteiger partial charge in [0.1, 0.15) is 0 Å². The normalized spacial score (nSPS) is 15.6. The molecule has 3 rings (SSSR count). The van der Waals surface area contributed by atoms with Gasteiger partial charge >= 0.3 is 0 Å². The number of hydrogen-bond acceptors (Lipinski definition) is 3. The van der Waals surface area contributed by atoms with Gasteiger partial charge in [-0.2, -0.15) is 0 Å². The van der Waals surface area contributed by atoms with Crippen LogP contribution in [0.15, 0.2) is 42.5 Å². The summed E-state index contributed by atoms with van der Waals surface area (Å²) in [5.74, 6) is 0.0809. The molecule has 1 aliphatic rings. The maximum absolute atomic E-state index is 12.2. The molecule has 2 aromatic rings. The minimum Gasteiger partial charge on any atom is -0.354 e. The molecule has 3 nitrogen and oxygen atoms in total. The molecule has 0 atom stereocenters. The van der Waals surface area contributed by atoms with Crippen molar-refractivity contribution in [3.8, 4) is 0 Å². The second-order valence-corrected chi connectivity index (χ2v) is 8.10. The van der Waals surface area contributed by atoms with Crippen LogP contribution in [0.1, 0.15) is 23.3 Å². The highest BCUT2D eigenvalue weighted by Gasteiger charge is 2.44. The fourth-order valence-electron chi connectivity index (χ4n) is 2.84. The number of amides is 1. The summed E-state index contributed by atoms with van der Waals surface area (Å²) in [6.07, 6.45) is 2.31. The molecule has 0 radical (unpaired) electrons. The zero-order valence-corrected chi connectivity index (χ0v) is 14.8. The number of likely N-dealkylation sites (N-methyl/N-ethyl adjacent to an activating group) is 1. The van der Waals surface area contributed by atoms with E-state index in [9.17, 15) is 4.79 Å². The predicted octanol–water partition coefficient (Wildman–Crippen LogP) is 3.68. The van der Waals surface area contributed by atoms with Gasteiger partial charge in [-0.15, -0.1) is 11.3 Å². The van der Waals surface area contributed by atoms with E-state index in [1.807, 2.05) is 30.1 Å². The van der Waals surface area contributed by atoms with E-state index in [-0.39, 0.29) is 11.3 Å². The summed E-state index contributed by atoms with van der Waals surface area (Å²) in [7, 11) is 1.96. The van der Waals surface area contributed by atoms with Gasteiger partial charge in [-0.05, 0) is 37.6 Å². The van der Waals surface area contributed by atoms with Gasteiger partial charge in [0.05, 0.1) is 10.9 Å². The smallest absolute Gasteiger partial charge is 0.234 e. The lowest BCUT2D eigenvalue weighted by Crippen LogP contribution is -2.38. The first-order valence-electron chi connectivity index (χ1n) is 7.82. The molecule has 0 bridgehead atoms. The third-order valence-corrected chi connectivity index (χ3v) is 5.55. The Morgan fingerprint density at radius 3 is 2.61 bits per heavy atom. The maximum Gasteiger partial charge on any atom is 0.234 e. The molecule has 1 aromatic heterocycles. The highest BCUT2D eigenvalue weighted by molar-refractivity contribution is 7.16. The van der Waals surface area contributed by atoms with Crippen LogP contribution >= 0.6 is 22.9 Å². The topological polar surface area (TPSA) is 32.3 Å². The van der Waals surface area contributed by atoms with E-state index in [0.29, 0.717) is 6.54 Å². The summed E-state index contributed by atoms with van der Waals surface area (Å²) in [5, 5.41) is 3.10. The number of carbonyl (C=O) groups is 1. The number of hydrogen-bond donors (Lipinski definition) is 1. The lowest BCUT2D eigenvalue weighted by Gasteiger charge is -2.19. The third kappa shape index (κ3) is 4.34. The number of carbonyl (C=O) groups excluding carboxylic acids is 1. The number of thiophene rings is 1. The average Bonchev–Trinajstić information content (AvgIpc) is 3.23. The first-order chi connectivity index (χ1) is 11.1. The molecule has 1 aromatic carbocycles. The van der Waals surface area contributed by atoms with Crippen LogP contribution in [0.2, 0.25) is 4.34 Å². The van der Waals surface area contributed by atoms with Crippen LogP contribution in [0.4, 0.5) is 0 Å². The fourth-order valence-corrected chi connectivity index (χ4v) is 4.01. The van der Waals surface area contributed by atoms with Crippen molar-refractivity contribution in [2.24, 2.45) is 0 Å². The largest absolute Gasteiger partial charge is 0.354 e. The summed E-state index contributed by atoms with van der Waals surface area (Å²) in [5.41, 5.74) is 1.50. The third-order valence-electron chi connectivity index (χ3n) is 4.33. The molecule has 0 spiro atoms.